The Balaban J connectivity index is 1.83. The second-order valence-electron chi connectivity index (χ2n) is 12.2. The van der Waals surface area contributed by atoms with Crippen molar-refractivity contribution in [1.29, 1.82) is 0 Å². The van der Waals surface area contributed by atoms with E-state index in [0.717, 1.165) is 25.5 Å². The van der Waals surface area contributed by atoms with Crippen LogP contribution in [0.5, 0.6) is 0 Å². The molecule has 0 spiro atoms. The molecule has 0 heterocycles. The molecule has 0 unspecified atom stereocenters. The van der Waals surface area contributed by atoms with Gasteiger partial charge in [-0.2, -0.15) is 0 Å². The van der Waals surface area contributed by atoms with Crippen LogP contribution in [0.15, 0.2) is 11.6 Å². The third-order valence-electron chi connectivity index (χ3n) is 9.48. The summed E-state index contributed by atoms with van der Waals surface area (Å²) in [4.78, 5) is 11.6. The first-order valence-corrected chi connectivity index (χ1v) is 15.0. The highest BCUT2D eigenvalue weighted by Crippen LogP contribution is 2.62. The lowest BCUT2D eigenvalue weighted by Crippen LogP contribution is -2.52. The predicted octanol–water partition coefficient (Wildman–Crippen LogP) is 7.16. The molecule has 0 aromatic heterocycles. The molecule has 0 aromatic rings. The van der Waals surface area contributed by atoms with E-state index in [1.54, 1.807) is 5.57 Å². The molecular weight excluding hydrogens is 384 g/mol. The molecule has 2 saturated carbocycles. The van der Waals surface area contributed by atoms with Crippen LogP contribution >= 0.6 is 0 Å². The lowest BCUT2D eigenvalue weighted by molar-refractivity contribution is -0.112. The Hall–Kier alpha value is -0.853. The minimum Gasteiger partial charge on any atom is -0.414 e. The molecule has 2 fully saturated rings. The van der Waals surface area contributed by atoms with Gasteiger partial charge in [0.25, 0.3) is 0 Å². The van der Waals surface area contributed by atoms with Gasteiger partial charge in [-0.25, -0.2) is 0 Å². The second kappa shape index (κ2) is 8.25. The number of hydrogen-bond acceptors (Lipinski definition) is 2. The Morgan fingerprint density at radius 3 is 2.53 bits per heavy atom. The van der Waals surface area contributed by atoms with E-state index >= 15 is 0 Å². The first-order chi connectivity index (χ1) is 13.9. The summed E-state index contributed by atoms with van der Waals surface area (Å²) in [6.07, 6.45) is 11.7. The van der Waals surface area contributed by atoms with Gasteiger partial charge < -0.3 is 9.22 Å². The number of fused-ring (bicyclic) bond motifs is 3. The molecule has 6 atom stereocenters. The van der Waals surface area contributed by atoms with Gasteiger partial charge in [0.05, 0.1) is 0 Å². The number of allylic oxidation sites excluding steroid dienone is 1. The van der Waals surface area contributed by atoms with Gasteiger partial charge in [-0.15, -0.1) is 5.92 Å². The largest absolute Gasteiger partial charge is 0.414 e. The van der Waals surface area contributed by atoms with Crippen LogP contribution < -0.4 is 0 Å². The van der Waals surface area contributed by atoms with Crippen LogP contribution in [0.1, 0.15) is 86.5 Å². The van der Waals surface area contributed by atoms with Crippen LogP contribution in [0, 0.1) is 40.4 Å². The Bertz CT molecular complexity index is 749. The molecule has 3 aliphatic rings. The molecule has 168 valence electrons. The summed E-state index contributed by atoms with van der Waals surface area (Å²) in [6.45, 7) is 18.5. The molecule has 0 radical (unpaired) electrons. The SMILES string of the molecule is CC#C[C@@]1(C)CC[C@H]2[C@@H](CC=C3C[C@@H](O[Si](C)(C)C(C)(C)C)CC[C@@]32C)[C@@H]1CC=O. The zero-order valence-electron chi connectivity index (χ0n) is 20.7. The number of carbonyl (C=O) groups excluding carboxylic acids is 1. The van der Waals surface area contributed by atoms with Crippen molar-refractivity contribution in [3.63, 3.8) is 0 Å². The smallest absolute Gasteiger partial charge is 0.192 e. The van der Waals surface area contributed by atoms with Crippen molar-refractivity contribution >= 4 is 14.6 Å². The minimum atomic E-state index is -1.74. The summed E-state index contributed by atoms with van der Waals surface area (Å²) >= 11 is 0. The number of carbonyl (C=O) groups is 1. The molecule has 3 aliphatic carbocycles. The highest BCUT2D eigenvalue weighted by Gasteiger charge is 2.54. The maximum absolute atomic E-state index is 11.6. The van der Waals surface area contributed by atoms with E-state index < -0.39 is 8.32 Å². The van der Waals surface area contributed by atoms with Gasteiger partial charge in [-0.1, -0.05) is 45.3 Å². The van der Waals surface area contributed by atoms with E-state index in [0.29, 0.717) is 30.3 Å². The van der Waals surface area contributed by atoms with Crippen molar-refractivity contribution in [1.82, 2.24) is 0 Å². The van der Waals surface area contributed by atoms with E-state index in [2.05, 4.69) is 65.6 Å². The minimum absolute atomic E-state index is 0.0127. The first kappa shape index (κ1) is 23.8. The maximum Gasteiger partial charge on any atom is 0.192 e. The zero-order chi connectivity index (χ0) is 22.4. The molecular formula is C27H44O2Si. The first-order valence-electron chi connectivity index (χ1n) is 12.1. The molecule has 0 aromatic carbocycles. The topological polar surface area (TPSA) is 26.3 Å². The standard InChI is InChI=1S/C27H44O2Si/c1-9-15-26(5)16-13-24-22(23(26)14-18-28)11-10-20-19-21(12-17-27(20,24)6)29-30(7,8)25(2,3)4/h10,18,21-24H,11-14,16-17,19H2,1-8H3/t21-,22-,23-,24-,26-,27-/m0/s1. The molecule has 0 amide bonds. The van der Waals surface area contributed by atoms with Crippen molar-refractivity contribution in [2.24, 2.45) is 28.6 Å². The monoisotopic (exact) mass is 428 g/mol. The molecule has 0 N–H and O–H groups in total. The second-order valence-corrected chi connectivity index (χ2v) is 17.0. The van der Waals surface area contributed by atoms with Gasteiger partial charge in [-0.3, -0.25) is 0 Å². The van der Waals surface area contributed by atoms with E-state index in [1.165, 1.54) is 19.3 Å². The highest BCUT2D eigenvalue weighted by molar-refractivity contribution is 6.74. The average Bonchev–Trinajstić information content (AvgIpc) is 2.63. The summed E-state index contributed by atoms with van der Waals surface area (Å²) < 4.78 is 6.83. The fraction of sp³-hybridized carbons (Fsp3) is 0.815. The van der Waals surface area contributed by atoms with Crippen LogP contribution in [0.3, 0.4) is 0 Å². The summed E-state index contributed by atoms with van der Waals surface area (Å²) in [5.74, 6) is 8.34. The highest BCUT2D eigenvalue weighted by atomic mass is 28.4. The van der Waals surface area contributed by atoms with Crippen LogP contribution in [-0.2, 0) is 9.22 Å². The van der Waals surface area contributed by atoms with Crippen LogP contribution in [-0.4, -0.2) is 20.7 Å². The summed E-state index contributed by atoms with van der Waals surface area (Å²) in [5.41, 5.74) is 1.91. The summed E-state index contributed by atoms with van der Waals surface area (Å²) in [5, 5.41) is 0.260. The van der Waals surface area contributed by atoms with Crippen LogP contribution in [0.4, 0.5) is 0 Å². The van der Waals surface area contributed by atoms with Gasteiger partial charge in [0.15, 0.2) is 8.32 Å². The Morgan fingerprint density at radius 1 is 1.23 bits per heavy atom. The fourth-order valence-corrected chi connectivity index (χ4v) is 8.01. The average molecular weight is 429 g/mol. The Morgan fingerprint density at radius 2 is 1.93 bits per heavy atom. The third-order valence-corrected chi connectivity index (χ3v) is 14.0. The lowest BCUT2D eigenvalue weighted by atomic mass is 9.47. The molecule has 2 nitrogen and oxygen atoms in total. The molecule has 3 rings (SSSR count). The van der Waals surface area contributed by atoms with Gasteiger partial charge in [0.1, 0.15) is 6.29 Å². The molecule has 3 heteroatoms. The zero-order valence-corrected chi connectivity index (χ0v) is 21.7. The number of hydrogen-bond donors (Lipinski definition) is 0. The van der Waals surface area contributed by atoms with Gasteiger partial charge in [0.2, 0.25) is 0 Å². The van der Waals surface area contributed by atoms with E-state index in [9.17, 15) is 4.79 Å². The summed E-state index contributed by atoms with van der Waals surface area (Å²) in [7, 11) is -1.74. The van der Waals surface area contributed by atoms with Gasteiger partial charge in [0, 0.05) is 17.9 Å². The van der Waals surface area contributed by atoms with E-state index in [-0.39, 0.29) is 15.9 Å². The molecule has 0 aliphatic heterocycles. The van der Waals surface area contributed by atoms with E-state index in [4.69, 9.17) is 4.43 Å². The summed E-state index contributed by atoms with van der Waals surface area (Å²) in [6, 6.07) is 0. The van der Waals surface area contributed by atoms with Crippen molar-refractivity contribution in [2.75, 3.05) is 0 Å². The fourth-order valence-electron chi connectivity index (χ4n) is 6.62. The molecule has 0 bridgehead atoms. The van der Waals surface area contributed by atoms with Gasteiger partial charge in [-0.05, 0) is 93.7 Å². The molecule has 30 heavy (non-hydrogen) atoms. The number of aldehydes is 1. The van der Waals surface area contributed by atoms with Gasteiger partial charge >= 0.3 is 0 Å². The Labute approximate surface area is 186 Å². The predicted molar refractivity (Wildman–Crippen MR) is 129 cm³/mol. The van der Waals surface area contributed by atoms with E-state index in [1.807, 2.05) is 6.92 Å². The van der Waals surface area contributed by atoms with Crippen molar-refractivity contribution in [3.05, 3.63) is 11.6 Å². The Kier molecular flexibility index (Phi) is 6.54. The third kappa shape index (κ3) is 4.12. The van der Waals surface area contributed by atoms with Crippen LogP contribution in [0.25, 0.3) is 0 Å². The lowest BCUT2D eigenvalue weighted by Gasteiger charge is -2.58. The van der Waals surface area contributed by atoms with Crippen molar-refractivity contribution in [3.8, 4) is 11.8 Å². The maximum atomic E-state index is 11.6. The normalized spacial score (nSPS) is 39.1. The molecule has 0 saturated heterocycles. The van der Waals surface area contributed by atoms with Crippen LogP contribution in [0.2, 0.25) is 18.1 Å². The van der Waals surface area contributed by atoms with Crippen molar-refractivity contribution in [2.45, 2.75) is 111 Å². The quantitative estimate of drug-likeness (QED) is 0.205. The van der Waals surface area contributed by atoms with Crippen molar-refractivity contribution < 1.29 is 9.22 Å². The number of rotatable bonds is 4.